The molecule has 0 unspecified atom stereocenters. The number of benzene rings is 2. The van der Waals surface area contributed by atoms with Gasteiger partial charge >= 0.3 is 5.97 Å². The number of carboxylic acid groups (broad SMARTS) is 1. The number of nitrogens with one attached hydrogen (secondary N) is 1. The third-order valence-electron chi connectivity index (χ3n) is 4.22. The molecule has 0 saturated heterocycles. The molecule has 0 saturated carbocycles. The van der Waals surface area contributed by atoms with Gasteiger partial charge in [0.2, 0.25) is 0 Å². The molecule has 0 atom stereocenters. The minimum Gasteiger partial charge on any atom is -0.483 e. The van der Waals surface area contributed by atoms with Gasteiger partial charge in [0.1, 0.15) is 5.75 Å². The van der Waals surface area contributed by atoms with Gasteiger partial charge in [-0.1, -0.05) is 48.5 Å². The predicted octanol–water partition coefficient (Wildman–Crippen LogP) is 3.27. The number of carbonyl (C=O) groups is 2. The lowest BCUT2D eigenvalue weighted by Crippen LogP contribution is -2.34. The summed E-state index contributed by atoms with van der Waals surface area (Å²) in [4.78, 5) is 23.0. The Morgan fingerprint density at radius 1 is 1.04 bits per heavy atom. The van der Waals surface area contributed by atoms with E-state index in [1.807, 2.05) is 54.6 Å². The van der Waals surface area contributed by atoms with Gasteiger partial charge in [0.25, 0.3) is 5.91 Å². The van der Waals surface area contributed by atoms with E-state index in [0.717, 1.165) is 12.0 Å². The fourth-order valence-corrected chi connectivity index (χ4v) is 2.42. The van der Waals surface area contributed by atoms with Crippen LogP contribution in [0.3, 0.4) is 0 Å². The molecule has 26 heavy (non-hydrogen) atoms. The zero-order valence-electron chi connectivity index (χ0n) is 15.2. The number of aliphatic carboxylic acids is 1. The average molecular weight is 355 g/mol. The number of para-hydroxylation sites is 1. The minimum atomic E-state index is -0.877. The van der Waals surface area contributed by atoms with Crippen molar-refractivity contribution in [2.45, 2.75) is 26.7 Å². The number of rotatable bonds is 9. The highest BCUT2D eigenvalue weighted by Gasteiger charge is 2.26. The van der Waals surface area contributed by atoms with Crippen LogP contribution in [0, 0.1) is 5.41 Å². The number of amides is 1. The van der Waals surface area contributed by atoms with Crippen molar-refractivity contribution in [3.8, 4) is 5.75 Å². The van der Waals surface area contributed by atoms with Gasteiger partial charge in [-0.2, -0.15) is 0 Å². The maximum absolute atomic E-state index is 12.0. The summed E-state index contributed by atoms with van der Waals surface area (Å²) in [5, 5.41) is 11.8. The Kier molecular flexibility index (Phi) is 6.78. The van der Waals surface area contributed by atoms with E-state index in [1.165, 1.54) is 5.56 Å². The highest BCUT2D eigenvalue weighted by atomic mass is 16.5. The molecule has 0 aliphatic carbocycles. The van der Waals surface area contributed by atoms with E-state index in [2.05, 4.69) is 5.32 Å². The van der Waals surface area contributed by atoms with Crippen molar-refractivity contribution in [3.05, 3.63) is 65.7 Å². The van der Waals surface area contributed by atoms with Crippen molar-refractivity contribution < 1.29 is 19.4 Å². The van der Waals surface area contributed by atoms with Crippen molar-refractivity contribution in [2.24, 2.45) is 5.41 Å². The molecule has 138 valence electrons. The number of hydrogen-bond donors (Lipinski definition) is 2. The number of carbonyl (C=O) groups excluding carboxylic acids is 1. The Balaban J connectivity index is 1.85. The lowest BCUT2D eigenvalue weighted by molar-refractivity contribution is -0.147. The van der Waals surface area contributed by atoms with E-state index in [1.54, 1.807) is 13.8 Å². The molecular formula is C21H25NO4. The molecule has 2 rings (SSSR count). The van der Waals surface area contributed by atoms with Crippen LogP contribution in [0.15, 0.2) is 54.6 Å². The first kappa shape index (κ1) is 19.5. The van der Waals surface area contributed by atoms with E-state index in [4.69, 9.17) is 9.84 Å². The number of carboxylic acids is 1. The lowest BCUT2D eigenvalue weighted by Gasteiger charge is -2.19. The van der Waals surface area contributed by atoms with Gasteiger partial charge in [-0.25, -0.2) is 0 Å². The first-order chi connectivity index (χ1) is 12.4. The molecule has 0 aromatic heterocycles. The molecule has 0 bridgehead atoms. The fourth-order valence-electron chi connectivity index (χ4n) is 2.42. The highest BCUT2D eigenvalue weighted by molar-refractivity contribution is 5.78. The van der Waals surface area contributed by atoms with E-state index < -0.39 is 11.4 Å². The van der Waals surface area contributed by atoms with Crippen LogP contribution in [-0.2, 0) is 16.0 Å². The summed E-state index contributed by atoms with van der Waals surface area (Å²) in [6, 6.07) is 17.7. The molecule has 5 nitrogen and oxygen atoms in total. The summed E-state index contributed by atoms with van der Waals surface area (Å²) in [6.07, 6.45) is 1.09. The molecule has 0 heterocycles. The van der Waals surface area contributed by atoms with Crippen molar-refractivity contribution in [3.63, 3.8) is 0 Å². The summed E-state index contributed by atoms with van der Waals surface area (Å²) in [6.45, 7) is 3.47. The zero-order chi connectivity index (χ0) is 19.0. The standard InChI is InChI=1S/C21H25NO4/c1-21(2,20(24)25)12-13-22-19(23)15-26-18-11-7-6-10-17(18)14-16-8-4-3-5-9-16/h3-11H,12-15H2,1-2H3,(H,22,23)(H,24,25). The number of ether oxygens (including phenoxy) is 1. The molecule has 0 radical (unpaired) electrons. The van der Waals surface area contributed by atoms with Crippen LogP contribution in [0.2, 0.25) is 0 Å². The van der Waals surface area contributed by atoms with E-state index in [-0.39, 0.29) is 12.5 Å². The van der Waals surface area contributed by atoms with Crippen molar-refractivity contribution in [2.75, 3.05) is 13.2 Å². The van der Waals surface area contributed by atoms with Gasteiger partial charge in [0, 0.05) is 13.0 Å². The van der Waals surface area contributed by atoms with Crippen LogP contribution < -0.4 is 10.1 Å². The Hall–Kier alpha value is -2.82. The van der Waals surface area contributed by atoms with Crippen LogP contribution >= 0.6 is 0 Å². The first-order valence-corrected chi connectivity index (χ1v) is 8.63. The fraction of sp³-hybridized carbons (Fsp3) is 0.333. The van der Waals surface area contributed by atoms with Crippen LogP contribution in [0.5, 0.6) is 5.75 Å². The topological polar surface area (TPSA) is 75.6 Å². The minimum absolute atomic E-state index is 0.0979. The third kappa shape index (κ3) is 5.92. The lowest BCUT2D eigenvalue weighted by atomic mass is 9.90. The molecule has 5 heteroatoms. The molecule has 0 aliphatic rings. The molecule has 1 amide bonds. The van der Waals surface area contributed by atoms with Gasteiger partial charge in [0.05, 0.1) is 5.41 Å². The number of hydrogen-bond acceptors (Lipinski definition) is 3. The normalized spacial score (nSPS) is 11.0. The Morgan fingerprint density at radius 2 is 1.69 bits per heavy atom. The summed E-state index contributed by atoms with van der Waals surface area (Å²) >= 11 is 0. The Labute approximate surface area is 154 Å². The van der Waals surface area contributed by atoms with E-state index >= 15 is 0 Å². The summed E-state index contributed by atoms with van der Waals surface area (Å²) in [5.74, 6) is -0.462. The van der Waals surface area contributed by atoms with Crippen LogP contribution in [-0.4, -0.2) is 30.1 Å². The van der Waals surface area contributed by atoms with Gasteiger partial charge in [-0.3, -0.25) is 9.59 Å². The molecule has 0 fully saturated rings. The average Bonchev–Trinajstić information content (AvgIpc) is 2.61. The molecule has 2 aromatic rings. The van der Waals surface area contributed by atoms with Gasteiger partial charge in [-0.15, -0.1) is 0 Å². The van der Waals surface area contributed by atoms with Crippen molar-refractivity contribution >= 4 is 11.9 Å². The molecule has 0 spiro atoms. The second-order valence-corrected chi connectivity index (χ2v) is 6.85. The van der Waals surface area contributed by atoms with Crippen LogP contribution in [0.4, 0.5) is 0 Å². The van der Waals surface area contributed by atoms with Gasteiger partial charge in [0.15, 0.2) is 6.61 Å². The SMILES string of the molecule is CC(C)(CCNC(=O)COc1ccccc1Cc1ccccc1)C(=O)O. The summed E-state index contributed by atoms with van der Waals surface area (Å²) < 4.78 is 5.67. The van der Waals surface area contributed by atoms with Crippen LogP contribution in [0.25, 0.3) is 0 Å². The maximum Gasteiger partial charge on any atom is 0.309 e. The van der Waals surface area contributed by atoms with E-state index in [9.17, 15) is 9.59 Å². The van der Waals surface area contributed by atoms with Crippen molar-refractivity contribution in [1.29, 1.82) is 0 Å². The van der Waals surface area contributed by atoms with E-state index in [0.29, 0.717) is 18.7 Å². The predicted molar refractivity (Wildman–Crippen MR) is 100 cm³/mol. The first-order valence-electron chi connectivity index (χ1n) is 8.63. The second kappa shape index (κ2) is 9.04. The quantitative estimate of drug-likeness (QED) is 0.724. The summed E-state index contributed by atoms with van der Waals surface area (Å²) in [5.41, 5.74) is 1.32. The highest BCUT2D eigenvalue weighted by Crippen LogP contribution is 2.21. The molecule has 2 aromatic carbocycles. The molecule has 0 aliphatic heterocycles. The molecule has 2 N–H and O–H groups in total. The Morgan fingerprint density at radius 3 is 2.38 bits per heavy atom. The van der Waals surface area contributed by atoms with Crippen molar-refractivity contribution in [1.82, 2.24) is 5.32 Å². The second-order valence-electron chi connectivity index (χ2n) is 6.85. The molecular weight excluding hydrogens is 330 g/mol. The summed E-state index contributed by atoms with van der Waals surface area (Å²) in [7, 11) is 0. The van der Waals surface area contributed by atoms with Gasteiger partial charge < -0.3 is 15.2 Å². The van der Waals surface area contributed by atoms with Crippen LogP contribution in [0.1, 0.15) is 31.4 Å². The monoisotopic (exact) mass is 355 g/mol. The smallest absolute Gasteiger partial charge is 0.309 e. The zero-order valence-corrected chi connectivity index (χ0v) is 15.2. The maximum atomic E-state index is 12.0. The Bertz CT molecular complexity index is 741. The van der Waals surface area contributed by atoms with Gasteiger partial charge in [-0.05, 0) is 37.5 Å². The third-order valence-corrected chi connectivity index (χ3v) is 4.22. The largest absolute Gasteiger partial charge is 0.483 e.